The van der Waals surface area contributed by atoms with E-state index in [1.807, 2.05) is 13.0 Å². The molecule has 1 aromatic rings. The van der Waals surface area contributed by atoms with Gasteiger partial charge in [-0.05, 0) is 63.0 Å². The van der Waals surface area contributed by atoms with Crippen LogP contribution in [0.15, 0.2) is 23.4 Å². The topological polar surface area (TPSA) is 42.0 Å². The minimum atomic E-state index is -0.144. The number of rotatable bonds is 5. The summed E-state index contributed by atoms with van der Waals surface area (Å²) in [5.41, 5.74) is 0. The van der Waals surface area contributed by atoms with Crippen molar-refractivity contribution in [2.24, 2.45) is 17.8 Å². The summed E-state index contributed by atoms with van der Waals surface area (Å²) >= 11 is 7.31. The van der Waals surface area contributed by atoms with E-state index < -0.39 is 0 Å². The number of aromatic nitrogens is 1. The number of amides is 1. The molecule has 2 fully saturated rings. The van der Waals surface area contributed by atoms with Crippen LogP contribution in [0.2, 0.25) is 5.02 Å². The number of fused-ring (bicyclic) bond motifs is 2. The maximum absolute atomic E-state index is 12.4. The van der Waals surface area contributed by atoms with Crippen LogP contribution in [0.3, 0.4) is 0 Å². The van der Waals surface area contributed by atoms with Gasteiger partial charge in [0.05, 0.1) is 15.3 Å². The normalized spacial score (nSPS) is 29.3. The predicted octanol–water partition coefficient (Wildman–Crippen LogP) is 4.16. The maximum atomic E-state index is 12.4. The van der Waals surface area contributed by atoms with Crippen LogP contribution in [0.25, 0.3) is 0 Å². The van der Waals surface area contributed by atoms with Crippen molar-refractivity contribution < 1.29 is 4.79 Å². The van der Waals surface area contributed by atoms with E-state index >= 15 is 0 Å². The Kier molecular flexibility index (Phi) is 4.98. The van der Waals surface area contributed by atoms with E-state index in [0.717, 1.165) is 16.9 Å². The van der Waals surface area contributed by atoms with Crippen LogP contribution >= 0.6 is 23.4 Å². The first-order valence-corrected chi connectivity index (χ1v) is 9.37. The van der Waals surface area contributed by atoms with E-state index in [-0.39, 0.29) is 17.2 Å². The van der Waals surface area contributed by atoms with Crippen molar-refractivity contribution >= 4 is 29.3 Å². The molecule has 2 bridgehead atoms. The summed E-state index contributed by atoms with van der Waals surface area (Å²) in [6.07, 6.45) is 7.05. The zero-order chi connectivity index (χ0) is 15.7. The van der Waals surface area contributed by atoms with Gasteiger partial charge in [0.1, 0.15) is 0 Å². The summed E-state index contributed by atoms with van der Waals surface area (Å²) in [5.74, 6) is 2.53. The Hall–Kier alpha value is -0.740. The summed E-state index contributed by atoms with van der Waals surface area (Å²) in [4.78, 5) is 16.6. The van der Waals surface area contributed by atoms with Crippen molar-refractivity contribution in [2.45, 2.75) is 55.8 Å². The van der Waals surface area contributed by atoms with Crippen molar-refractivity contribution in [2.75, 3.05) is 0 Å². The highest BCUT2D eigenvalue weighted by atomic mass is 35.5. The second kappa shape index (κ2) is 6.79. The molecule has 1 heterocycles. The average Bonchev–Trinajstić information content (AvgIpc) is 3.12. The lowest BCUT2D eigenvalue weighted by Crippen LogP contribution is -2.43. The molecule has 1 amide bonds. The van der Waals surface area contributed by atoms with Gasteiger partial charge >= 0.3 is 0 Å². The van der Waals surface area contributed by atoms with Gasteiger partial charge in [0.25, 0.3) is 0 Å². The fourth-order valence-electron chi connectivity index (χ4n) is 4.02. The Bertz CT molecular complexity index is 536. The summed E-state index contributed by atoms with van der Waals surface area (Å²) < 4.78 is 0. The first-order valence-electron chi connectivity index (χ1n) is 8.11. The first-order chi connectivity index (χ1) is 10.5. The summed E-state index contributed by atoms with van der Waals surface area (Å²) in [7, 11) is 0. The lowest BCUT2D eigenvalue weighted by molar-refractivity contribution is -0.121. The van der Waals surface area contributed by atoms with Crippen molar-refractivity contribution in [3.8, 4) is 0 Å². The summed E-state index contributed by atoms with van der Waals surface area (Å²) in [5, 5.41) is 4.53. The predicted molar refractivity (Wildman–Crippen MR) is 91.1 cm³/mol. The SMILES string of the molecule is CC(Sc1ccc(Cl)cn1)C(=O)NC(C)C1CC2CCC1C2. The van der Waals surface area contributed by atoms with Crippen molar-refractivity contribution in [1.29, 1.82) is 0 Å². The number of halogens is 1. The van der Waals surface area contributed by atoms with Gasteiger partial charge in [-0.15, -0.1) is 0 Å². The molecule has 1 aromatic heterocycles. The van der Waals surface area contributed by atoms with Crippen LogP contribution in [-0.2, 0) is 4.79 Å². The largest absolute Gasteiger partial charge is 0.352 e. The molecule has 22 heavy (non-hydrogen) atoms. The Labute approximate surface area is 141 Å². The lowest BCUT2D eigenvalue weighted by Gasteiger charge is -2.29. The van der Waals surface area contributed by atoms with Crippen LogP contribution in [0.5, 0.6) is 0 Å². The van der Waals surface area contributed by atoms with Gasteiger partial charge in [0.15, 0.2) is 0 Å². The molecule has 5 unspecified atom stereocenters. The van der Waals surface area contributed by atoms with Crippen LogP contribution in [0, 0.1) is 17.8 Å². The molecular formula is C17H23ClN2OS. The fraction of sp³-hybridized carbons (Fsp3) is 0.647. The third-order valence-corrected chi connectivity index (χ3v) is 6.45. The second-order valence-corrected chi connectivity index (χ2v) is 8.51. The van der Waals surface area contributed by atoms with Crippen molar-refractivity contribution in [3.05, 3.63) is 23.4 Å². The third kappa shape index (κ3) is 3.60. The van der Waals surface area contributed by atoms with Gasteiger partial charge in [-0.3, -0.25) is 4.79 Å². The Morgan fingerprint density at radius 2 is 2.18 bits per heavy atom. The molecule has 0 radical (unpaired) electrons. The lowest BCUT2D eigenvalue weighted by atomic mass is 9.84. The van der Waals surface area contributed by atoms with E-state index in [1.54, 1.807) is 12.3 Å². The van der Waals surface area contributed by atoms with E-state index in [9.17, 15) is 4.79 Å². The molecule has 2 aliphatic rings. The van der Waals surface area contributed by atoms with E-state index in [4.69, 9.17) is 11.6 Å². The van der Waals surface area contributed by atoms with Crippen molar-refractivity contribution in [3.63, 3.8) is 0 Å². The van der Waals surface area contributed by atoms with Gasteiger partial charge in [0.2, 0.25) is 5.91 Å². The number of pyridine rings is 1. The van der Waals surface area contributed by atoms with Crippen LogP contribution in [0.4, 0.5) is 0 Å². The van der Waals surface area contributed by atoms with E-state index in [0.29, 0.717) is 10.9 Å². The molecule has 5 heteroatoms. The highest BCUT2D eigenvalue weighted by Gasteiger charge is 2.42. The third-order valence-electron chi connectivity index (χ3n) is 5.17. The average molecular weight is 339 g/mol. The Morgan fingerprint density at radius 1 is 1.36 bits per heavy atom. The molecule has 120 valence electrons. The van der Waals surface area contributed by atoms with Crippen LogP contribution in [0.1, 0.15) is 39.5 Å². The molecule has 3 rings (SSSR count). The standard InChI is InChI=1S/C17H23ClN2OS/c1-10(15-8-12-3-4-13(15)7-12)20-17(21)11(2)22-16-6-5-14(18)9-19-16/h5-6,9-13,15H,3-4,7-8H2,1-2H3,(H,20,21). The number of nitrogens with zero attached hydrogens (tertiary/aromatic N) is 1. The zero-order valence-electron chi connectivity index (χ0n) is 13.1. The smallest absolute Gasteiger partial charge is 0.233 e. The Balaban J connectivity index is 1.51. The van der Waals surface area contributed by atoms with E-state index in [2.05, 4.69) is 17.2 Å². The molecule has 0 saturated heterocycles. The number of thioether (sulfide) groups is 1. The van der Waals surface area contributed by atoms with Gasteiger partial charge < -0.3 is 5.32 Å². The maximum Gasteiger partial charge on any atom is 0.233 e. The van der Waals surface area contributed by atoms with Crippen molar-refractivity contribution in [1.82, 2.24) is 10.3 Å². The fourth-order valence-corrected chi connectivity index (χ4v) is 4.93. The monoisotopic (exact) mass is 338 g/mol. The van der Waals surface area contributed by atoms with Crippen LogP contribution < -0.4 is 5.32 Å². The Morgan fingerprint density at radius 3 is 2.77 bits per heavy atom. The molecule has 0 aromatic carbocycles. The highest BCUT2D eigenvalue weighted by Crippen LogP contribution is 2.49. The number of hydrogen-bond donors (Lipinski definition) is 1. The molecule has 2 saturated carbocycles. The second-order valence-electron chi connectivity index (χ2n) is 6.71. The molecule has 1 N–H and O–H groups in total. The minimum absolute atomic E-state index is 0.108. The molecule has 5 atom stereocenters. The van der Waals surface area contributed by atoms with Crippen LogP contribution in [-0.4, -0.2) is 22.2 Å². The number of carbonyl (C=O) groups is 1. The molecule has 0 spiro atoms. The molecule has 3 nitrogen and oxygen atoms in total. The number of nitrogens with one attached hydrogen (secondary N) is 1. The van der Waals surface area contributed by atoms with Gasteiger partial charge in [-0.2, -0.15) is 0 Å². The van der Waals surface area contributed by atoms with Gasteiger partial charge in [-0.1, -0.05) is 29.8 Å². The van der Waals surface area contributed by atoms with Gasteiger partial charge in [-0.25, -0.2) is 4.98 Å². The summed E-state index contributed by atoms with van der Waals surface area (Å²) in [6, 6.07) is 3.94. The highest BCUT2D eigenvalue weighted by molar-refractivity contribution is 8.00. The molecule has 2 aliphatic carbocycles. The number of carbonyl (C=O) groups excluding carboxylic acids is 1. The molecule has 0 aliphatic heterocycles. The van der Waals surface area contributed by atoms with Gasteiger partial charge in [0, 0.05) is 12.2 Å². The number of hydrogen-bond acceptors (Lipinski definition) is 3. The minimum Gasteiger partial charge on any atom is -0.352 e. The molecular weight excluding hydrogens is 316 g/mol. The first kappa shape index (κ1) is 16.1. The quantitative estimate of drug-likeness (QED) is 0.820. The van der Waals surface area contributed by atoms with E-state index in [1.165, 1.54) is 37.4 Å². The summed E-state index contributed by atoms with van der Waals surface area (Å²) in [6.45, 7) is 4.10. The zero-order valence-corrected chi connectivity index (χ0v) is 14.7.